The number of fused-ring (bicyclic) bond motifs is 1. The highest BCUT2D eigenvalue weighted by atomic mass is 15.2. The number of imidazole rings is 1. The molecule has 0 atom stereocenters. The molecule has 0 aliphatic heterocycles. The van der Waals surface area contributed by atoms with E-state index < -0.39 is 0 Å². The van der Waals surface area contributed by atoms with Crippen molar-refractivity contribution in [3.8, 4) is 0 Å². The highest BCUT2D eigenvalue weighted by Crippen LogP contribution is 2.40. The lowest BCUT2D eigenvalue weighted by Crippen LogP contribution is -2.28. The summed E-state index contributed by atoms with van der Waals surface area (Å²) in [5, 5.41) is 0. The summed E-state index contributed by atoms with van der Waals surface area (Å²) in [5.74, 6) is 1.93. The molecule has 0 saturated heterocycles. The fourth-order valence-electron chi connectivity index (χ4n) is 3.04. The van der Waals surface area contributed by atoms with Gasteiger partial charge >= 0.3 is 0 Å². The van der Waals surface area contributed by atoms with E-state index in [2.05, 4.69) is 29.4 Å². The largest absolute Gasteiger partial charge is 0.399 e. The van der Waals surface area contributed by atoms with E-state index in [1.54, 1.807) is 0 Å². The molecule has 2 N–H and O–H groups in total. The van der Waals surface area contributed by atoms with Gasteiger partial charge in [-0.1, -0.05) is 13.8 Å². The van der Waals surface area contributed by atoms with Crippen LogP contribution in [-0.2, 0) is 6.54 Å². The van der Waals surface area contributed by atoms with Gasteiger partial charge in [0, 0.05) is 24.7 Å². The first-order valence-electron chi connectivity index (χ1n) is 8.21. The molecule has 2 aromatic rings. The quantitative estimate of drug-likeness (QED) is 0.795. The third-order valence-corrected chi connectivity index (χ3v) is 4.37. The van der Waals surface area contributed by atoms with Gasteiger partial charge in [0.15, 0.2) is 0 Å². The fraction of sp³-hybridized carbons (Fsp3) is 0.588. The third kappa shape index (κ3) is 3.05. The van der Waals surface area contributed by atoms with Crippen molar-refractivity contribution in [2.45, 2.75) is 45.6 Å². The Morgan fingerprint density at radius 2 is 2.10 bits per heavy atom. The van der Waals surface area contributed by atoms with Crippen LogP contribution in [0.2, 0.25) is 0 Å². The first-order valence-corrected chi connectivity index (χ1v) is 8.21. The summed E-state index contributed by atoms with van der Waals surface area (Å²) in [6.45, 7) is 8.90. The minimum Gasteiger partial charge on any atom is -0.399 e. The summed E-state index contributed by atoms with van der Waals surface area (Å²) < 4.78 is 2.42. The lowest BCUT2D eigenvalue weighted by molar-refractivity contribution is 0.276. The molecular formula is C17H26N4. The minimum absolute atomic E-state index is 0.667. The van der Waals surface area contributed by atoms with Gasteiger partial charge in [-0.25, -0.2) is 4.98 Å². The zero-order valence-corrected chi connectivity index (χ0v) is 13.2. The van der Waals surface area contributed by atoms with E-state index in [-0.39, 0.29) is 0 Å². The van der Waals surface area contributed by atoms with E-state index >= 15 is 0 Å². The van der Waals surface area contributed by atoms with Crippen molar-refractivity contribution in [1.29, 1.82) is 0 Å². The summed E-state index contributed by atoms with van der Waals surface area (Å²) in [5.41, 5.74) is 8.99. The minimum atomic E-state index is 0.667. The van der Waals surface area contributed by atoms with Crippen LogP contribution >= 0.6 is 0 Å². The zero-order valence-electron chi connectivity index (χ0n) is 13.2. The van der Waals surface area contributed by atoms with Gasteiger partial charge in [-0.05, 0) is 50.6 Å². The van der Waals surface area contributed by atoms with Crippen molar-refractivity contribution >= 4 is 16.7 Å². The molecule has 0 amide bonds. The van der Waals surface area contributed by atoms with Crippen LogP contribution in [-0.4, -0.2) is 34.1 Å². The maximum atomic E-state index is 5.90. The third-order valence-electron chi connectivity index (χ3n) is 4.37. The maximum Gasteiger partial charge on any atom is 0.113 e. The number of anilines is 1. The summed E-state index contributed by atoms with van der Waals surface area (Å²) in [6, 6.07) is 6.11. The molecular weight excluding hydrogens is 260 g/mol. The molecule has 4 nitrogen and oxygen atoms in total. The van der Waals surface area contributed by atoms with E-state index in [1.165, 1.54) is 37.1 Å². The highest BCUT2D eigenvalue weighted by Gasteiger charge is 2.29. The van der Waals surface area contributed by atoms with Crippen LogP contribution in [0.4, 0.5) is 5.69 Å². The van der Waals surface area contributed by atoms with Gasteiger partial charge in [-0.3, -0.25) is 0 Å². The monoisotopic (exact) mass is 286 g/mol. The van der Waals surface area contributed by atoms with E-state index in [9.17, 15) is 0 Å². The summed E-state index contributed by atoms with van der Waals surface area (Å²) in [4.78, 5) is 7.36. The molecule has 1 aromatic carbocycles. The number of rotatable bonds is 7. The number of likely N-dealkylation sites (N-methyl/N-ethyl adjacent to an activating group) is 1. The lowest BCUT2D eigenvalue weighted by Gasteiger charge is -2.20. The molecule has 0 radical (unpaired) electrons. The van der Waals surface area contributed by atoms with Crippen molar-refractivity contribution in [3.63, 3.8) is 0 Å². The summed E-state index contributed by atoms with van der Waals surface area (Å²) >= 11 is 0. The Morgan fingerprint density at radius 1 is 1.29 bits per heavy atom. The molecule has 0 spiro atoms. The molecule has 21 heavy (non-hydrogen) atoms. The second-order valence-corrected chi connectivity index (χ2v) is 6.08. The fourth-order valence-corrected chi connectivity index (χ4v) is 3.04. The van der Waals surface area contributed by atoms with Crippen molar-refractivity contribution < 1.29 is 0 Å². The Hall–Kier alpha value is -1.55. The standard InChI is InChI=1S/C17H26N4/c1-3-9-20(4-2)10-11-21-16-8-7-14(18)12-15(16)19-17(21)13-5-6-13/h7-8,12-13H,3-6,9-11,18H2,1-2H3. The molecule has 114 valence electrons. The van der Waals surface area contributed by atoms with Crippen LogP contribution in [0.15, 0.2) is 18.2 Å². The van der Waals surface area contributed by atoms with Crippen molar-refractivity contribution in [1.82, 2.24) is 14.5 Å². The van der Waals surface area contributed by atoms with Crippen molar-refractivity contribution in [2.75, 3.05) is 25.4 Å². The molecule has 1 fully saturated rings. The lowest BCUT2D eigenvalue weighted by atomic mass is 10.3. The molecule has 1 heterocycles. The predicted octanol–water partition coefficient (Wildman–Crippen LogP) is 3.23. The number of nitrogens with zero attached hydrogens (tertiary/aromatic N) is 3. The van der Waals surface area contributed by atoms with Crippen LogP contribution in [0.3, 0.4) is 0 Å². The number of nitrogen functional groups attached to an aromatic ring is 1. The average molecular weight is 286 g/mol. The average Bonchev–Trinajstić information content (AvgIpc) is 3.26. The van der Waals surface area contributed by atoms with Gasteiger partial charge in [-0.2, -0.15) is 0 Å². The zero-order chi connectivity index (χ0) is 14.8. The van der Waals surface area contributed by atoms with Crippen molar-refractivity contribution in [3.05, 3.63) is 24.0 Å². The molecule has 3 rings (SSSR count). The van der Waals surface area contributed by atoms with Crippen LogP contribution in [0, 0.1) is 0 Å². The van der Waals surface area contributed by atoms with E-state index in [4.69, 9.17) is 10.7 Å². The van der Waals surface area contributed by atoms with Gasteiger partial charge in [0.05, 0.1) is 11.0 Å². The SMILES string of the molecule is CCCN(CC)CCn1c(C2CC2)nc2cc(N)ccc21. The summed E-state index contributed by atoms with van der Waals surface area (Å²) in [7, 11) is 0. The highest BCUT2D eigenvalue weighted by molar-refractivity contribution is 5.79. The van der Waals surface area contributed by atoms with Gasteiger partial charge < -0.3 is 15.2 Å². The molecule has 1 aliphatic rings. The van der Waals surface area contributed by atoms with E-state index in [0.29, 0.717) is 5.92 Å². The number of hydrogen-bond acceptors (Lipinski definition) is 3. The van der Waals surface area contributed by atoms with Crippen LogP contribution < -0.4 is 5.73 Å². The van der Waals surface area contributed by atoms with E-state index in [0.717, 1.165) is 30.8 Å². The molecule has 4 heteroatoms. The van der Waals surface area contributed by atoms with Crippen LogP contribution in [0.1, 0.15) is 44.9 Å². The van der Waals surface area contributed by atoms with Gasteiger partial charge in [0.1, 0.15) is 5.82 Å². The number of hydrogen-bond donors (Lipinski definition) is 1. The Kier molecular flexibility index (Phi) is 4.15. The maximum absolute atomic E-state index is 5.90. The molecule has 1 aliphatic carbocycles. The first-order chi connectivity index (χ1) is 10.2. The number of benzene rings is 1. The van der Waals surface area contributed by atoms with Gasteiger partial charge in [0.2, 0.25) is 0 Å². The Balaban J connectivity index is 1.87. The van der Waals surface area contributed by atoms with E-state index in [1.807, 2.05) is 12.1 Å². The van der Waals surface area contributed by atoms with Crippen LogP contribution in [0.5, 0.6) is 0 Å². The number of aromatic nitrogens is 2. The smallest absolute Gasteiger partial charge is 0.113 e. The molecule has 1 aromatic heterocycles. The Bertz CT molecular complexity index is 613. The molecule has 1 saturated carbocycles. The second kappa shape index (κ2) is 6.06. The Morgan fingerprint density at radius 3 is 2.76 bits per heavy atom. The predicted molar refractivity (Wildman–Crippen MR) is 88.5 cm³/mol. The van der Waals surface area contributed by atoms with Gasteiger partial charge in [0.25, 0.3) is 0 Å². The first kappa shape index (κ1) is 14.4. The molecule has 0 bridgehead atoms. The second-order valence-electron chi connectivity index (χ2n) is 6.08. The molecule has 0 unspecified atom stereocenters. The van der Waals surface area contributed by atoms with Gasteiger partial charge in [-0.15, -0.1) is 0 Å². The summed E-state index contributed by atoms with van der Waals surface area (Å²) in [6.07, 6.45) is 3.78. The Labute approximate surface area is 126 Å². The van der Waals surface area contributed by atoms with Crippen LogP contribution in [0.25, 0.3) is 11.0 Å². The topological polar surface area (TPSA) is 47.1 Å². The van der Waals surface area contributed by atoms with Crippen molar-refractivity contribution in [2.24, 2.45) is 0 Å². The normalized spacial score (nSPS) is 15.2. The number of nitrogens with two attached hydrogens (primary N) is 1.